The van der Waals surface area contributed by atoms with Crippen molar-refractivity contribution < 1.29 is 0 Å². The Labute approximate surface area is 222 Å². The molecule has 0 radical (unpaired) electrons. The zero-order chi connectivity index (χ0) is 25.3. The van der Waals surface area contributed by atoms with E-state index in [0.29, 0.717) is 0 Å². The van der Waals surface area contributed by atoms with Crippen molar-refractivity contribution in [1.82, 2.24) is 0 Å². The summed E-state index contributed by atoms with van der Waals surface area (Å²) < 4.78 is 0. The average Bonchev–Trinajstić information content (AvgIpc) is 2.97. The third-order valence-corrected chi connectivity index (χ3v) is 6.96. The monoisotopic (exact) mass is 478 g/mol. The van der Waals surface area contributed by atoms with Crippen LogP contribution in [0.3, 0.4) is 0 Å². The molecule has 0 fully saturated rings. The molecule has 7 aromatic carbocycles. The van der Waals surface area contributed by atoms with Gasteiger partial charge in [0.25, 0.3) is 0 Å². The molecule has 0 heteroatoms. The van der Waals surface area contributed by atoms with Gasteiger partial charge in [0.2, 0.25) is 0 Å². The van der Waals surface area contributed by atoms with Gasteiger partial charge in [-0.1, -0.05) is 72.2 Å². The van der Waals surface area contributed by atoms with E-state index >= 15 is 0 Å². The van der Waals surface area contributed by atoms with Crippen LogP contribution in [-0.2, 0) is 0 Å². The van der Waals surface area contributed by atoms with Gasteiger partial charge < -0.3 is 0 Å². The van der Waals surface area contributed by atoms with Gasteiger partial charge in [-0.05, 0) is 128 Å². The summed E-state index contributed by atoms with van der Waals surface area (Å²) in [6.45, 7) is 0. The second-order valence-electron chi connectivity index (χ2n) is 9.61. The summed E-state index contributed by atoms with van der Waals surface area (Å²) in [5.41, 5.74) is 4.11. The summed E-state index contributed by atoms with van der Waals surface area (Å²) in [6, 6.07) is 46.9. The van der Waals surface area contributed by atoms with Crippen molar-refractivity contribution in [2.24, 2.45) is 0 Å². The maximum Gasteiger partial charge on any atom is 0.0255 e. The molecule has 0 N–H and O–H groups in total. The average molecular weight is 479 g/mol. The van der Waals surface area contributed by atoms with Gasteiger partial charge in [0.15, 0.2) is 0 Å². The fourth-order valence-electron chi connectivity index (χ4n) is 4.99. The Morgan fingerprint density at radius 3 is 0.947 bits per heavy atom. The minimum atomic E-state index is 1.03. The topological polar surface area (TPSA) is 0 Å². The lowest BCUT2D eigenvalue weighted by atomic mass is 9.96. The van der Waals surface area contributed by atoms with E-state index in [4.69, 9.17) is 0 Å². The Kier molecular flexibility index (Phi) is 5.37. The highest BCUT2D eigenvalue weighted by Crippen LogP contribution is 2.31. The Hall–Kier alpha value is -5.30. The quantitative estimate of drug-likeness (QED) is 0.151. The van der Waals surface area contributed by atoms with E-state index in [2.05, 4.69) is 96.5 Å². The molecule has 0 saturated carbocycles. The molecule has 174 valence electrons. The van der Waals surface area contributed by atoms with Crippen molar-refractivity contribution in [1.29, 1.82) is 0 Å². The molecule has 0 aliphatic heterocycles. The van der Waals surface area contributed by atoms with Crippen LogP contribution < -0.4 is 0 Å². The molecule has 0 atom stereocenters. The van der Waals surface area contributed by atoms with Crippen molar-refractivity contribution in [3.05, 3.63) is 156 Å². The molecule has 0 heterocycles. The first-order valence-corrected chi connectivity index (χ1v) is 12.8. The van der Waals surface area contributed by atoms with Crippen molar-refractivity contribution in [3.8, 4) is 23.7 Å². The largest absolute Gasteiger partial charge is 0.0622 e. The first-order chi connectivity index (χ1) is 18.8. The van der Waals surface area contributed by atoms with Crippen molar-refractivity contribution in [2.75, 3.05) is 0 Å². The van der Waals surface area contributed by atoms with Crippen molar-refractivity contribution in [2.45, 2.75) is 0 Å². The molecule has 0 aliphatic rings. The first kappa shape index (κ1) is 21.9. The SMILES string of the molecule is C(#Cc1ccc2cc3cc4cc5cc(C#Cc6ccccc6)ccc5cc4cc3cc2c1)c1ccccc1. The van der Waals surface area contributed by atoms with Crippen LogP contribution in [0.4, 0.5) is 0 Å². The zero-order valence-corrected chi connectivity index (χ0v) is 20.7. The van der Waals surface area contributed by atoms with E-state index in [0.717, 1.165) is 22.3 Å². The summed E-state index contributed by atoms with van der Waals surface area (Å²) in [4.78, 5) is 0. The minimum Gasteiger partial charge on any atom is -0.0622 e. The smallest absolute Gasteiger partial charge is 0.0255 e. The maximum atomic E-state index is 3.31. The van der Waals surface area contributed by atoms with Crippen LogP contribution in [0.2, 0.25) is 0 Å². The Morgan fingerprint density at radius 1 is 0.237 bits per heavy atom. The number of benzene rings is 7. The van der Waals surface area contributed by atoms with E-state index in [-0.39, 0.29) is 0 Å². The molecule has 0 spiro atoms. The molecular formula is C38H22. The molecule has 7 aromatic rings. The molecule has 0 aromatic heterocycles. The highest BCUT2D eigenvalue weighted by molar-refractivity contribution is 6.08. The predicted molar refractivity (Wildman–Crippen MR) is 161 cm³/mol. The minimum absolute atomic E-state index is 1.03. The van der Waals surface area contributed by atoms with Crippen LogP contribution in [0.1, 0.15) is 22.3 Å². The van der Waals surface area contributed by atoms with Gasteiger partial charge in [-0.15, -0.1) is 0 Å². The zero-order valence-electron chi connectivity index (χ0n) is 20.7. The van der Waals surface area contributed by atoms with Crippen molar-refractivity contribution in [3.63, 3.8) is 0 Å². The number of hydrogen-bond donors (Lipinski definition) is 0. The summed E-state index contributed by atoms with van der Waals surface area (Å²) in [7, 11) is 0. The second-order valence-corrected chi connectivity index (χ2v) is 9.61. The van der Waals surface area contributed by atoms with Gasteiger partial charge in [-0.3, -0.25) is 0 Å². The Bertz CT molecular complexity index is 1950. The van der Waals surface area contributed by atoms with Crippen LogP contribution in [-0.4, -0.2) is 0 Å². The second kappa shape index (κ2) is 9.29. The summed E-state index contributed by atoms with van der Waals surface area (Å²) in [6.07, 6.45) is 0. The van der Waals surface area contributed by atoms with E-state index in [1.54, 1.807) is 0 Å². The predicted octanol–water partition coefficient (Wildman–Crippen LogP) is 9.10. The molecule has 7 rings (SSSR count). The Morgan fingerprint density at radius 2 is 0.553 bits per heavy atom. The molecule has 0 unspecified atom stereocenters. The number of rotatable bonds is 0. The summed E-state index contributed by atoms with van der Waals surface area (Å²) in [5, 5.41) is 9.83. The van der Waals surface area contributed by atoms with Gasteiger partial charge in [-0.25, -0.2) is 0 Å². The van der Waals surface area contributed by atoms with Gasteiger partial charge in [0, 0.05) is 22.3 Å². The third kappa shape index (κ3) is 4.37. The van der Waals surface area contributed by atoms with Crippen LogP contribution >= 0.6 is 0 Å². The maximum absolute atomic E-state index is 3.31. The first-order valence-electron chi connectivity index (χ1n) is 12.8. The van der Waals surface area contributed by atoms with E-state index in [1.165, 1.54) is 43.1 Å². The number of hydrogen-bond acceptors (Lipinski definition) is 0. The molecule has 0 aliphatic carbocycles. The molecule has 0 amide bonds. The summed E-state index contributed by atoms with van der Waals surface area (Å²) >= 11 is 0. The lowest BCUT2D eigenvalue weighted by Gasteiger charge is -2.08. The van der Waals surface area contributed by atoms with E-state index < -0.39 is 0 Å². The highest BCUT2D eigenvalue weighted by atomic mass is 14.1. The van der Waals surface area contributed by atoms with Gasteiger partial charge in [0.05, 0.1) is 0 Å². The third-order valence-electron chi connectivity index (χ3n) is 6.96. The molecule has 38 heavy (non-hydrogen) atoms. The van der Waals surface area contributed by atoms with E-state index in [1.807, 2.05) is 60.7 Å². The lowest BCUT2D eigenvalue weighted by Crippen LogP contribution is -1.83. The van der Waals surface area contributed by atoms with E-state index in [9.17, 15) is 0 Å². The fraction of sp³-hybridized carbons (Fsp3) is 0. The molecule has 0 bridgehead atoms. The van der Waals surface area contributed by atoms with Crippen LogP contribution in [0.15, 0.2) is 133 Å². The van der Waals surface area contributed by atoms with Crippen LogP contribution in [0, 0.1) is 23.7 Å². The Balaban J connectivity index is 1.28. The van der Waals surface area contributed by atoms with Crippen LogP contribution in [0.25, 0.3) is 43.1 Å². The van der Waals surface area contributed by atoms with Gasteiger partial charge in [-0.2, -0.15) is 0 Å². The van der Waals surface area contributed by atoms with Crippen LogP contribution in [0.5, 0.6) is 0 Å². The lowest BCUT2D eigenvalue weighted by molar-refractivity contribution is 1.64. The van der Waals surface area contributed by atoms with Gasteiger partial charge in [0.1, 0.15) is 0 Å². The number of fused-ring (bicyclic) bond motifs is 4. The molecule has 0 nitrogen and oxygen atoms in total. The fourth-order valence-corrected chi connectivity index (χ4v) is 4.99. The normalized spacial score (nSPS) is 10.7. The summed E-state index contributed by atoms with van der Waals surface area (Å²) in [5.74, 6) is 13.2. The van der Waals surface area contributed by atoms with Gasteiger partial charge >= 0.3 is 0 Å². The molecular weight excluding hydrogens is 456 g/mol. The highest BCUT2D eigenvalue weighted by Gasteiger charge is 2.05. The van der Waals surface area contributed by atoms with Crippen molar-refractivity contribution >= 4 is 43.1 Å². The molecule has 0 saturated heterocycles. The standard InChI is InChI=1S/C38H22/c1-3-7-27(8-4-1)11-13-29-15-17-31-21-35-26-38-24-34-20-30(14-12-28-9-5-2-6-10-28)16-18-32(34)22-36(38)25-37(35)23-33(31)19-29/h1-10,15-26H.